The molecule has 0 radical (unpaired) electrons. The third-order valence-corrected chi connectivity index (χ3v) is 7.21. The van der Waals surface area contributed by atoms with Crippen molar-refractivity contribution in [1.29, 1.82) is 5.26 Å². The van der Waals surface area contributed by atoms with Crippen molar-refractivity contribution in [2.24, 2.45) is 0 Å². The zero-order valence-electron chi connectivity index (χ0n) is 17.4. The molecule has 3 aromatic rings. The van der Waals surface area contributed by atoms with Gasteiger partial charge in [-0.25, -0.2) is 8.42 Å². The van der Waals surface area contributed by atoms with Crippen molar-refractivity contribution in [2.45, 2.75) is 13.3 Å². The minimum Gasteiger partial charge on any atom is -0.321 e. The smallest absolute Gasteiger partial charge is 0.270 e. The summed E-state index contributed by atoms with van der Waals surface area (Å²) in [6, 6.07) is 25.1. The number of carbonyl (C=O) groups excluding carboxylic acids is 1. The van der Waals surface area contributed by atoms with E-state index in [1.807, 2.05) is 30.3 Å². The van der Waals surface area contributed by atoms with Crippen molar-refractivity contribution < 1.29 is 13.2 Å². The minimum atomic E-state index is -4.10. The molecule has 0 unspecified atom stereocenters. The summed E-state index contributed by atoms with van der Waals surface area (Å²) in [6.07, 6.45) is 0.258. The highest BCUT2D eigenvalue weighted by atomic mass is 32.2. The van der Waals surface area contributed by atoms with Gasteiger partial charge in [-0.2, -0.15) is 5.26 Å². The number of fused-ring (bicyclic) bond motifs is 1. The van der Waals surface area contributed by atoms with Crippen molar-refractivity contribution in [1.82, 2.24) is 0 Å². The molecule has 1 aliphatic rings. The van der Waals surface area contributed by atoms with Gasteiger partial charge in [-0.1, -0.05) is 60.7 Å². The molecule has 1 amide bonds. The summed E-state index contributed by atoms with van der Waals surface area (Å²) in [5, 5.41) is 11.6. The lowest BCUT2D eigenvalue weighted by atomic mass is 9.95. The van der Waals surface area contributed by atoms with Gasteiger partial charge in [0.05, 0.1) is 18.2 Å². The van der Waals surface area contributed by atoms with Crippen molar-refractivity contribution in [3.05, 3.63) is 100 Å². The lowest BCUT2D eigenvalue weighted by Gasteiger charge is -2.32. The van der Waals surface area contributed by atoms with Crippen LogP contribution in [0.5, 0.6) is 0 Å². The number of hydrogen-bond acceptors (Lipinski definition) is 4. The molecule has 7 heteroatoms. The molecule has 0 fully saturated rings. The second kappa shape index (κ2) is 8.69. The van der Waals surface area contributed by atoms with E-state index in [9.17, 15) is 13.2 Å². The average Bonchev–Trinajstić information content (AvgIpc) is 2.80. The maximum Gasteiger partial charge on any atom is 0.270 e. The Labute approximate surface area is 187 Å². The lowest BCUT2D eigenvalue weighted by molar-refractivity contribution is -0.112. The Balaban J connectivity index is 1.89. The number of amides is 1. The predicted octanol–water partition coefficient (Wildman–Crippen LogP) is 4.32. The monoisotopic (exact) mass is 443 g/mol. The van der Waals surface area contributed by atoms with E-state index < -0.39 is 15.9 Å². The molecule has 0 saturated heterocycles. The molecule has 6 nitrogen and oxygen atoms in total. The number of sulfonamides is 1. The first-order valence-electron chi connectivity index (χ1n) is 10.2. The molecule has 32 heavy (non-hydrogen) atoms. The van der Waals surface area contributed by atoms with Crippen LogP contribution in [-0.2, 0) is 21.2 Å². The van der Waals surface area contributed by atoms with Crippen LogP contribution in [0.15, 0.2) is 83.8 Å². The Morgan fingerprint density at radius 3 is 2.28 bits per heavy atom. The molecule has 4 rings (SSSR count). The molecular weight excluding hydrogens is 422 g/mol. The van der Waals surface area contributed by atoms with Crippen molar-refractivity contribution in [2.75, 3.05) is 16.2 Å². The van der Waals surface area contributed by atoms with Crippen LogP contribution in [0.2, 0.25) is 0 Å². The Kier molecular flexibility index (Phi) is 5.80. The standard InChI is InChI=1S/C25H21N3O3S/c1-2-28-22-11-7-6-10-21(22)23(19-8-4-3-5-9-19)24(32(28,30)31)25(29)27-20-14-12-18(13-15-20)16-17-26/h3-15H,2,16H2,1H3,(H,27,29). The fraction of sp³-hybridized carbons (Fsp3) is 0.120. The zero-order chi connectivity index (χ0) is 22.7. The number of benzene rings is 3. The topological polar surface area (TPSA) is 90.3 Å². The summed E-state index contributed by atoms with van der Waals surface area (Å²) in [7, 11) is -4.10. The van der Waals surface area contributed by atoms with Crippen LogP contribution in [0.1, 0.15) is 23.6 Å². The lowest BCUT2D eigenvalue weighted by Crippen LogP contribution is -2.39. The SMILES string of the molecule is CCN1c2ccccc2C(c2ccccc2)=C(C(=O)Nc2ccc(CC#N)cc2)S1(=O)=O. The number of anilines is 2. The third kappa shape index (κ3) is 3.77. The van der Waals surface area contributed by atoms with Gasteiger partial charge >= 0.3 is 0 Å². The normalized spacial score (nSPS) is 14.4. The van der Waals surface area contributed by atoms with Crippen LogP contribution in [0.4, 0.5) is 11.4 Å². The molecule has 1 N–H and O–H groups in total. The number of nitrogens with zero attached hydrogens (tertiary/aromatic N) is 2. The van der Waals surface area contributed by atoms with Crippen LogP contribution in [-0.4, -0.2) is 20.9 Å². The Morgan fingerprint density at radius 1 is 0.969 bits per heavy atom. The number of nitriles is 1. The fourth-order valence-electron chi connectivity index (χ4n) is 3.84. The summed E-state index contributed by atoms with van der Waals surface area (Å²) >= 11 is 0. The van der Waals surface area contributed by atoms with Crippen molar-refractivity contribution >= 4 is 32.9 Å². The van der Waals surface area contributed by atoms with E-state index in [2.05, 4.69) is 11.4 Å². The van der Waals surface area contributed by atoms with Gasteiger partial charge in [0.1, 0.15) is 0 Å². The second-order valence-electron chi connectivity index (χ2n) is 7.24. The van der Waals surface area contributed by atoms with E-state index in [1.165, 1.54) is 4.31 Å². The summed E-state index contributed by atoms with van der Waals surface area (Å²) in [5.74, 6) is -0.704. The van der Waals surface area contributed by atoms with Crippen LogP contribution in [0.25, 0.3) is 5.57 Å². The van der Waals surface area contributed by atoms with E-state index in [0.717, 1.165) is 5.56 Å². The highest BCUT2D eigenvalue weighted by Crippen LogP contribution is 2.42. The molecule has 0 bridgehead atoms. The van der Waals surface area contributed by atoms with Gasteiger partial charge in [-0.15, -0.1) is 0 Å². The van der Waals surface area contributed by atoms with Gasteiger partial charge < -0.3 is 5.32 Å². The van der Waals surface area contributed by atoms with Crippen LogP contribution in [0, 0.1) is 11.3 Å². The number of carbonyl (C=O) groups is 1. The third-order valence-electron chi connectivity index (χ3n) is 5.27. The fourth-order valence-corrected chi connectivity index (χ4v) is 5.59. The minimum absolute atomic E-state index is 0.195. The molecule has 1 heterocycles. The molecule has 0 aliphatic carbocycles. The van der Waals surface area contributed by atoms with Crippen molar-refractivity contribution in [3.8, 4) is 6.07 Å². The highest BCUT2D eigenvalue weighted by molar-refractivity contribution is 7.97. The van der Waals surface area contributed by atoms with Gasteiger partial charge in [0, 0.05) is 23.4 Å². The van der Waals surface area contributed by atoms with Crippen LogP contribution >= 0.6 is 0 Å². The summed E-state index contributed by atoms with van der Waals surface area (Å²) < 4.78 is 28.5. The zero-order valence-corrected chi connectivity index (χ0v) is 18.3. The maximum atomic E-state index is 13.6. The number of para-hydroxylation sites is 1. The van der Waals surface area contributed by atoms with E-state index >= 15 is 0 Å². The van der Waals surface area contributed by atoms with Gasteiger partial charge in [-0.05, 0) is 36.2 Å². The number of hydrogen-bond donors (Lipinski definition) is 1. The quantitative estimate of drug-likeness (QED) is 0.636. The first-order chi connectivity index (χ1) is 15.5. The number of rotatable bonds is 5. The first-order valence-corrected chi connectivity index (χ1v) is 11.6. The predicted molar refractivity (Wildman–Crippen MR) is 125 cm³/mol. The Bertz CT molecular complexity index is 1340. The maximum absolute atomic E-state index is 13.6. The van der Waals surface area contributed by atoms with Gasteiger partial charge in [0.25, 0.3) is 15.9 Å². The van der Waals surface area contributed by atoms with Gasteiger partial charge in [-0.3, -0.25) is 9.10 Å². The largest absolute Gasteiger partial charge is 0.321 e. The molecular formula is C25H21N3O3S. The Morgan fingerprint density at radius 2 is 1.62 bits per heavy atom. The molecule has 160 valence electrons. The molecule has 1 aliphatic heterocycles. The molecule has 0 saturated carbocycles. The second-order valence-corrected chi connectivity index (χ2v) is 9.04. The number of nitrogens with one attached hydrogen (secondary N) is 1. The van der Waals surface area contributed by atoms with Gasteiger partial charge in [0.15, 0.2) is 4.91 Å². The average molecular weight is 444 g/mol. The summed E-state index contributed by atoms with van der Waals surface area (Å²) in [4.78, 5) is 13.1. The Hall–Kier alpha value is -3.89. The molecule has 0 aromatic heterocycles. The molecule has 3 aromatic carbocycles. The van der Waals surface area contributed by atoms with Crippen LogP contribution < -0.4 is 9.62 Å². The van der Waals surface area contributed by atoms with Gasteiger partial charge in [0.2, 0.25) is 0 Å². The van der Waals surface area contributed by atoms with E-state index in [1.54, 1.807) is 55.5 Å². The summed E-state index contributed by atoms with van der Waals surface area (Å²) in [6.45, 7) is 1.94. The van der Waals surface area contributed by atoms with Crippen LogP contribution in [0.3, 0.4) is 0 Å². The van der Waals surface area contributed by atoms with Crippen molar-refractivity contribution in [3.63, 3.8) is 0 Å². The summed E-state index contributed by atoms with van der Waals surface area (Å²) in [5.41, 5.74) is 3.52. The molecule has 0 spiro atoms. The highest BCUT2D eigenvalue weighted by Gasteiger charge is 2.40. The van der Waals surface area contributed by atoms with E-state index in [4.69, 9.17) is 5.26 Å². The first kappa shape index (κ1) is 21.3. The van der Waals surface area contributed by atoms with E-state index in [0.29, 0.717) is 28.1 Å². The molecule has 0 atom stereocenters. The van der Waals surface area contributed by atoms with E-state index in [-0.39, 0.29) is 17.9 Å².